The lowest BCUT2D eigenvalue weighted by Crippen LogP contribution is -2.60. The Hall–Kier alpha value is -3.66. The van der Waals surface area contributed by atoms with Gasteiger partial charge < -0.3 is 29.3 Å². The molecule has 3 aliphatic heterocycles. The molecule has 0 saturated carbocycles. The molecule has 3 fully saturated rings. The smallest absolute Gasteiger partial charge is 0.253 e. The highest BCUT2D eigenvalue weighted by Crippen LogP contribution is 2.65. The van der Waals surface area contributed by atoms with Crippen LogP contribution in [-0.2, 0) is 19.1 Å². The summed E-state index contributed by atoms with van der Waals surface area (Å²) in [7, 11) is 0. The number of fused-ring (bicyclic) bond motifs is 1. The maximum absolute atomic E-state index is 15.0. The lowest BCUT2D eigenvalue weighted by atomic mass is 9.64. The van der Waals surface area contributed by atoms with Gasteiger partial charge in [0, 0.05) is 18.8 Å². The van der Waals surface area contributed by atoms with Crippen LogP contribution >= 0.6 is 11.6 Å². The highest BCUT2D eigenvalue weighted by atomic mass is 35.5. The third kappa shape index (κ3) is 5.66. The number of carbonyl (C=O) groups excluding carboxylic acids is 3. The molecule has 3 amide bonds. The summed E-state index contributed by atoms with van der Waals surface area (Å²) in [4.78, 5) is 49.4. The summed E-state index contributed by atoms with van der Waals surface area (Å²) in [6, 6.07) is 12.5. The van der Waals surface area contributed by atoms with Crippen molar-refractivity contribution >= 4 is 40.7 Å². The van der Waals surface area contributed by atoms with E-state index in [0.29, 0.717) is 48.0 Å². The number of nitrogens with zero attached hydrogens (tertiary/aromatic N) is 3. The van der Waals surface area contributed by atoms with E-state index in [1.807, 2.05) is 52.0 Å². The van der Waals surface area contributed by atoms with Crippen molar-refractivity contribution in [3.63, 3.8) is 0 Å². The van der Waals surface area contributed by atoms with E-state index in [4.69, 9.17) is 21.1 Å². The van der Waals surface area contributed by atoms with Crippen molar-refractivity contribution in [2.75, 3.05) is 36.1 Å². The second-order valence-electron chi connectivity index (χ2n) is 12.9. The number of aliphatic hydroxyl groups excluding tert-OH is 1. The second kappa shape index (κ2) is 13.8. The van der Waals surface area contributed by atoms with Crippen molar-refractivity contribution < 1.29 is 29.0 Å². The number of hydrogen-bond donors (Lipinski definition) is 1. The van der Waals surface area contributed by atoms with Gasteiger partial charge in [0.15, 0.2) is 0 Å². The number of anilines is 2. The number of carbonyl (C=O) groups is 3. The van der Waals surface area contributed by atoms with E-state index < -0.39 is 35.1 Å². The zero-order chi connectivity index (χ0) is 34.1. The Kier molecular flexibility index (Phi) is 10.2. The summed E-state index contributed by atoms with van der Waals surface area (Å²) < 4.78 is 12.6. The third-order valence-electron chi connectivity index (χ3n) is 10.2. The highest BCUT2D eigenvalue weighted by Gasteiger charge is 2.79. The Morgan fingerprint density at radius 2 is 1.72 bits per heavy atom. The molecule has 3 saturated heterocycles. The Balaban J connectivity index is 1.65. The molecule has 47 heavy (non-hydrogen) atoms. The average Bonchev–Trinajstić information content (AvgIpc) is 3.67. The predicted molar refractivity (Wildman–Crippen MR) is 184 cm³/mol. The van der Waals surface area contributed by atoms with Crippen LogP contribution in [0.2, 0.25) is 5.02 Å². The van der Waals surface area contributed by atoms with Crippen LogP contribution in [0.1, 0.15) is 47.0 Å². The summed E-state index contributed by atoms with van der Waals surface area (Å²) in [5.41, 5.74) is -1.11. The number of aliphatic hydroxyl groups is 1. The standard InChI is InChI=1S/C37H46ClN3O6/c1-7-21-39(25-15-17-26(18-16-25)46-10-4)33(43)30-31-34(44)41(29(23-42)24(5)6)32(37(31)20-19-36(30,9-3)47-37)35(45)40(22-8-2)28-14-12-11-13-27(28)38/h7-8,11-18,24,29-32,42H,1-2,9-10,19-23H2,3-6H3/t29-,30+,31-,32?,36-,37?/m0/s1. The van der Waals surface area contributed by atoms with Crippen molar-refractivity contribution in [2.24, 2.45) is 17.8 Å². The molecule has 0 aromatic heterocycles. The number of halogens is 1. The first-order valence-corrected chi connectivity index (χ1v) is 16.9. The fourth-order valence-corrected chi connectivity index (χ4v) is 8.29. The number of rotatable bonds is 14. The van der Waals surface area contributed by atoms with Gasteiger partial charge in [0.25, 0.3) is 5.91 Å². The zero-order valence-electron chi connectivity index (χ0n) is 27.7. The lowest BCUT2D eigenvalue weighted by Gasteiger charge is -2.41. The van der Waals surface area contributed by atoms with Gasteiger partial charge in [0.05, 0.1) is 47.4 Å². The number of para-hydroxylation sites is 1. The number of amides is 3. The molecule has 6 atom stereocenters. The van der Waals surface area contributed by atoms with Crippen molar-refractivity contribution in [1.82, 2.24) is 4.90 Å². The van der Waals surface area contributed by atoms with Crippen molar-refractivity contribution in [2.45, 2.75) is 70.2 Å². The number of ether oxygens (including phenoxy) is 2. The minimum atomic E-state index is -1.29. The van der Waals surface area contributed by atoms with Crippen LogP contribution in [0, 0.1) is 17.8 Å². The largest absolute Gasteiger partial charge is 0.494 e. The molecule has 5 rings (SSSR count). The number of benzene rings is 2. The van der Waals surface area contributed by atoms with E-state index >= 15 is 0 Å². The molecule has 0 radical (unpaired) electrons. The molecule has 3 aliphatic rings. The molecule has 0 aliphatic carbocycles. The normalized spacial score (nSPS) is 26.7. The fourth-order valence-electron chi connectivity index (χ4n) is 8.05. The van der Waals surface area contributed by atoms with Crippen LogP contribution in [-0.4, -0.2) is 77.3 Å². The zero-order valence-corrected chi connectivity index (χ0v) is 28.5. The molecule has 2 bridgehead atoms. The molecular formula is C37H46ClN3O6. The minimum Gasteiger partial charge on any atom is -0.494 e. The number of hydrogen-bond acceptors (Lipinski definition) is 6. The van der Waals surface area contributed by atoms with E-state index in [9.17, 15) is 19.5 Å². The average molecular weight is 664 g/mol. The first-order chi connectivity index (χ1) is 22.5. The molecule has 2 aromatic carbocycles. The van der Waals surface area contributed by atoms with Crippen LogP contribution in [0.25, 0.3) is 0 Å². The van der Waals surface area contributed by atoms with E-state index in [1.165, 1.54) is 9.80 Å². The van der Waals surface area contributed by atoms with Gasteiger partial charge in [-0.3, -0.25) is 14.4 Å². The van der Waals surface area contributed by atoms with Gasteiger partial charge in [-0.15, -0.1) is 13.2 Å². The fraction of sp³-hybridized carbons (Fsp3) is 0.486. The SMILES string of the molecule is C=CCN(C(=O)[C@H]1[C@H]2C(=O)N([C@@H](CO)C(C)C)C(C(=O)N(CC=C)c3ccccc3Cl)C23CC[C@]1(CC)O3)c1ccc(OCC)cc1. The molecule has 2 aromatic rings. The summed E-state index contributed by atoms with van der Waals surface area (Å²) >= 11 is 6.61. The van der Waals surface area contributed by atoms with Crippen molar-refractivity contribution in [3.8, 4) is 5.75 Å². The Morgan fingerprint density at radius 3 is 2.30 bits per heavy atom. The topological polar surface area (TPSA) is 99.6 Å². The third-order valence-corrected chi connectivity index (χ3v) is 10.5. The summed E-state index contributed by atoms with van der Waals surface area (Å²) in [5.74, 6) is -2.30. The molecule has 1 N–H and O–H groups in total. The van der Waals surface area contributed by atoms with E-state index in [0.717, 1.165) is 0 Å². The molecule has 2 unspecified atom stereocenters. The second-order valence-corrected chi connectivity index (χ2v) is 13.3. The van der Waals surface area contributed by atoms with Crippen LogP contribution in [0.3, 0.4) is 0 Å². The van der Waals surface area contributed by atoms with Crippen LogP contribution in [0.15, 0.2) is 73.8 Å². The molecule has 252 valence electrons. The van der Waals surface area contributed by atoms with Crippen LogP contribution in [0.4, 0.5) is 11.4 Å². The predicted octanol–water partition coefficient (Wildman–Crippen LogP) is 5.65. The lowest BCUT2D eigenvalue weighted by molar-refractivity contribution is -0.150. The van der Waals surface area contributed by atoms with Gasteiger partial charge in [-0.2, -0.15) is 0 Å². The van der Waals surface area contributed by atoms with E-state index in [-0.39, 0.29) is 43.3 Å². The maximum Gasteiger partial charge on any atom is 0.253 e. The molecular weight excluding hydrogens is 618 g/mol. The van der Waals surface area contributed by atoms with Crippen LogP contribution in [0.5, 0.6) is 5.75 Å². The molecule has 1 spiro atoms. The van der Waals surface area contributed by atoms with Gasteiger partial charge in [0.1, 0.15) is 17.4 Å². The monoisotopic (exact) mass is 663 g/mol. The Morgan fingerprint density at radius 1 is 1.06 bits per heavy atom. The Bertz CT molecular complexity index is 1510. The van der Waals surface area contributed by atoms with E-state index in [2.05, 4.69) is 13.2 Å². The highest BCUT2D eigenvalue weighted by molar-refractivity contribution is 6.34. The van der Waals surface area contributed by atoms with Gasteiger partial charge in [-0.25, -0.2) is 0 Å². The summed E-state index contributed by atoms with van der Waals surface area (Å²) in [6.07, 6.45) is 4.67. The quantitative estimate of drug-likeness (QED) is 0.263. The molecule has 10 heteroatoms. The maximum atomic E-state index is 15.0. The van der Waals surface area contributed by atoms with Gasteiger partial charge in [-0.1, -0.05) is 56.7 Å². The first-order valence-electron chi connectivity index (χ1n) is 16.5. The van der Waals surface area contributed by atoms with E-state index in [1.54, 1.807) is 41.3 Å². The summed E-state index contributed by atoms with van der Waals surface area (Å²) in [6.45, 7) is 16.0. The minimum absolute atomic E-state index is 0.138. The van der Waals surface area contributed by atoms with Crippen LogP contribution < -0.4 is 14.5 Å². The molecule has 3 heterocycles. The van der Waals surface area contributed by atoms with Crippen molar-refractivity contribution in [3.05, 3.63) is 78.9 Å². The van der Waals surface area contributed by atoms with Gasteiger partial charge >= 0.3 is 0 Å². The Labute approximate surface area is 282 Å². The summed E-state index contributed by atoms with van der Waals surface area (Å²) in [5, 5.41) is 11.0. The first kappa shape index (κ1) is 34.7. The number of likely N-dealkylation sites (tertiary alicyclic amines) is 1. The van der Waals surface area contributed by atoms with Crippen molar-refractivity contribution in [1.29, 1.82) is 0 Å². The van der Waals surface area contributed by atoms with Gasteiger partial charge in [-0.05, 0) is 68.5 Å². The van der Waals surface area contributed by atoms with Gasteiger partial charge in [0.2, 0.25) is 11.8 Å². The molecule has 9 nitrogen and oxygen atoms in total.